The van der Waals surface area contributed by atoms with Crippen molar-refractivity contribution in [1.29, 1.82) is 0 Å². The number of carbonyl (C=O) groups excluding carboxylic acids is 1. The van der Waals surface area contributed by atoms with Gasteiger partial charge in [-0.05, 0) is 56.4 Å². The monoisotopic (exact) mass is 496 g/mol. The Labute approximate surface area is 211 Å². The smallest absolute Gasteiger partial charge is 0.227 e. The van der Waals surface area contributed by atoms with Crippen molar-refractivity contribution in [2.24, 2.45) is 5.92 Å². The number of hydrogen-bond acceptors (Lipinski definition) is 6. The van der Waals surface area contributed by atoms with Crippen LogP contribution in [0.2, 0.25) is 0 Å². The van der Waals surface area contributed by atoms with E-state index in [0.29, 0.717) is 39.2 Å². The Morgan fingerprint density at radius 1 is 1.08 bits per heavy atom. The summed E-state index contributed by atoms with van der Waals surface area (Å²) in [5.41, 5.74) is 4.06. The van der Waals surface area contributed by atoms with Crippen LogP contribution in [0.15, 0.2) is 42.9 Å². The molecule has 5 aromatic rings. The van der Waals surface area contributed by atoms with Crippen LogP contribution in [0.4, 0.5) is 15.9 Å². The summed E-state index contributed by atoms with van der Waals surface area (Å²) in [6.07, 6.45) is 10.2. The molecule has 4 aromatic heterocycles. The molecule has 0 unspecified atom stereocenters. The highest BCUT2D eigenvalue weighted by atomic mass is 19.1. The third-order valence-electron chi connectivity index (χ3n) is 7.19. The molecule has 1 aliphatic heterocycles. The minimum Gasteiger partial charge on any atom is -0.355 e. The van der Waals surface area contributed by atoms with Crippen molar-refractivity contribution in [3.63, 3.8) is 0 Å². The van der Waals surface area contributed by atoms with Crippen LogP contribution < -0.4 is 10.2 Å². The van der Waals surface area contributed by atoms with E-state index in [1.165, 1.54) is 6.42 Å². The van der Waals surface area contributed by atoms with E-state index in [1.54, 1.807) is 36.8 Å². The molecule has 186 valence electrons. The van der Waals surface area contributed by atoms with Gasteiger partial charge in [-0.3, -0.25) is 14.9 Å². The number of rotatable bonds is 5. The molecular weight excluding hydrogens is 471 g/mol. The minimum absolute atomic E-state index is 0.0182. The fourth-order valence-electron chi connectivity index (χ4n) is 5.08. The van der Waals surface area contributed by atoms with Crippen LogP contribution in [0.5, 0.6) is 0 Å². The van der Waals surface area contributed by atoms with Crippen molar-refractivity contribution in [1.82, 2.24) is 30.1 Å². The Morgan fingerprint density at radius 2 is 1.95 bits per heavy atom. The van der Waals surface area contributed by atoms with Gasteiger partial charge in [0.25, 0.3) is 0 Å². The standard InChI is InChI=1S/C27H25FN8O/c28-22-18(16-12-17(14-29-13-16)31-27(37)15-4-5-15)6-7-19-21(22)24(35-34-19)25-32-20-8-9-30-26(23(20)33-25)36-10-2-1-3-11-36/h6-9,12-15H,1-5,10-11H2,(H,31,37)(H,32,33)(H,34,35). The maximum atomic E-state index is 16.1. The Morgan fingerprint density at radius 3 is 2.78 bits per heavy atom. The summed E-state index contributed by atoms with van der Waals surface area (Å²) < 4.78 is 16.1. The molecule has 9 nitrogen and oxygen atoms in total. The molecule has 10 heteroatoms. The largest absolute Gasteiger partial charge is 0.355 e. The zero-order valence-electron chi connectivity index (χ0n) is 20.1. The van der Waals surface area contributed by atoms with Gasteiger partial charge in [-0.25, -0.2) is 14.4 Å². The topological polar surface area (TPSA) is 115 Å². The summed E-state index contributed by atoms with van der Waals surface area (Å²) in [6.45, 7) is 1.90. The fraction of sp³-hybridized carbons (Fsp3) is 0.296. The van der Waals surface area contributed by atoms with Gasteiger partial charge >= 0.3 is 0 Å². The summed E-state index contributed by atoms with van der Waals surface area (Å²) in [5, 5.41) is 10.6. The number of halogens is 1. The van der Waals surface area contributed by atoms with Crippen LogP contribution in [0.1, 0.15) is 32.1 Å². The van der Waals surface area contributed by atoms with E-state index in [2.05, 4.69) is 35.4 Å². The van der Waals surface area contributed by atoms with Crippen molar-refractivity contribution in [2.75, 3.05) is 23.3 Å². The highest BCUT2D eigenvalue weighted by molar-refractivity contribution is 5.98. The third kappa shape index (κ3) is 3.89. The summed E-state index contributed by atoms with van der Waals surface area (Å²) in [4.78, 5) is 31.4. The maximum absolute atomic E-state index is 16.1. The lowest BCUT2D eigenvalue weighted by Gasteiger charge is -2.27. The number of aromatic amines is 2. The van der Waals surface area contributed by atoms with Crippen LogP contribution in [0.25, 0.3) is 44.6 Å². The van der Waals surface area contributed by atoms with Crippen LogP contribution in [-0.2, 0) is 4.79 Å². The highest BCUT2D eigenvalue weighted by Gasteiger charge is 2.29. The van der Waals surface area contributed by atoms with Crippen LogP contribution in [-0.4, -0.2) is 49.1 Å². The maximum Gasteiger partial charge on any atom is 0.227 e. The zero-order chi connectivity index (χ0) is 24.9. The van der Waals surface area contributed by atoms with E-state index in [9.17, 15) is 4.79 Å². The van der Waals surface area contributed by atoms with Crippen molar-refractivity contribution in [2.45, 2.75) is 32.1 Å². The van der Waals surface area contributed by atoms with Crippen molar-refractivity contribution in [3.05, 3.63) is 48.7 Å². The number of H-pyrrole nitrogens is 2. The number of anilines is 2. The molecular formula is C27H25FN8O. The first-order valence-corrected chi connectivity index (χ1v) is 12.7. The first kappa shape index (κ1) is 21.9. The summed E-state index contributed by atoms with van der Waals surface area (Å²) >= 11 is 0. The Bertz CT molecular complexity index is 1650. The SMILES string of the molecule is O=C(Nc1cncc(-c2ccc3[nH]nc(-c4nc5c(N6CCCCC6)nccc5[nH]4)c3c2F)c1)C1CC1. The number of pyridine rings is 2. The van der Waals surface area contributed by atoms with E-state index in [0.717, 1.165) is 55.6 Å². The molecule has 1 saturated heterocycles. The number of nitrogens with one attached hydrogen (secondary N) is 3. The van der Waals surface area contributed by atoms with Gasteiger partial charge in [0.05, 0.1) is 28.3 Å². The van der Waals surface area contributed by atoms with Gasteiger partial charge in [-0.1, -0.05) is 0 Å². The van der Waals surface area contributed by atoms with E-state index in [4.69, 9.17) is 4.98 Å². The molecule has 1 amide bonds. The average molecular weight is 497 g/mol. The Balaban J connectivity index is 1.29. The molecule has 1 aromatic carbocycles. The predicted octanol–water partition coefficient (Wildman–Crippen LogP) is 5.04. The second-order valence-electron chi connectivity index (χ2n) is 9.81. The molecule has 0 atom stereocenters. The van der Waals surface area contributed by atoms with Gasteiger partial charge in [-0.15, -0.1) is 0 Å². The molecule has 0 radical (unpaired) electrons. The molecule has 37 heavy (non-hydrogen) atoms. The normalized spacial score (nSPS) is 16.0. The summed E-state index contributed by atoms with van der Waals surface area (Å²) in [7, 11) is 0. The molecule has 7 rings (SSSR count). The number of amides is 1. The van der Waals surface area contributed by atoms with Gasteiger partial charge in [0, 0.05) is 42.5 Å². The zero-order valence-corrected chi connectivity index (χ0v) is 20.1. The van der Waals surface area contributed by atoms with Gasteiger partial charge in [0.1, 0.15) is 17.0 Å². The lowest BCUT2D eigenvalue weighted by molar-refractivity contribution is -0.117. The van der Waals surface area contributed by atoms with E-state index in [-0.39, 0.29) is 11.8 Å². The lowest BCUT2D eigenvalue weighted by Crippen LogP contribution is -2.30. The predicted molar refractivity (Wildman–Crippen MR) is 140 cm³/mol. The molecule has 0 bridgehead atoms. The minimum atomic E-state index is -0.427. The van der Waals surface area contributed by atoms with Gasteiger partial charge in [0.15, 0.2) is 11.6 Å². The number of imidazole rings is 1. The highest BCUT2D eigenvalue weighted by Crippen LogP contribution is 2.36. The average Bonchev–Trinajstić information content (AvgIpc) is 3.54. The number of piperidine rings is 1. The van der Waals surface area contributed by atoms with Crippen LogP contribution >= 0.6 is 0 Å². The molecule has 2 fully saturated rings. The van der Waals surface area contributed by atoms with E-state index < -0.39 is 5.82 Å². The molecule has 1 aliphatic carbocycles. The molecule has 0 spiro atoms. The lowest BCUT2D eigenvalue weighted by atomic mass is 10.0. The first-order chi connectivity index (χ1) is 18.2. The summed E-state index contributed by atoms with van der Waals surface area (Å²) in [5.74, 6) is 0.947. The molecule has 2 aliphatic rings. The second kappa shape index (κ2) is 8.65. The molecule has 1 saturated carbocycles. The Hall–Kier alpha value is -4.34. The summed E-state index contributed by atoms with van der Waals surface area (Å²) in [6, 6.07) is 7.11. The van der Waals surface area contributed by atoms with Gasteiger partial charge in [-0.2, -0.15) is 5.10 Å². The van der Waals surface area contributed by atoms with Gasteiger partial charge < -0.3 is 15.2 Å². The number of aromatic nitrogens is 6. The third-order valence-corrected chi connectivity index (χ3v) is 7.19. The molecule has 5 heterocycles. The van der Waals surface area contributed by atoms with Crippen molar-refractivity contribution < 1.29 is 9.18 Å². The first-order valence-electron chi connectivity index (χ1n) is 12.7. The molecule has 3 N–H and O–H groups in total. The number of carbonyl (C=O) groups is 1. The quantitative estimate of drug-likeness (QED) is 0.314. The van der Waals surface area contributed by atoms with Crippen LogP contribution in [0.3, 0.4) is 0 Å². The number of benzene rings is 1. The number of hydrogen-bond donors (Lipinski definition) is 3. The Kier molecular flexibility index (Phi) is 5.12. The van der Waals surface area contributed by atoms with Crippen LogP contribution in [0, 0.1) is 11.7 Å². The fourth-order valence-corrected chi connectivity index (χ4v) is 5.08. The van der Waals surface area contributed by atoms with E-state index >= 15 is 4.39 Å². The second-order valence-corrected chi connectivity index (χ2v) is 9.81. The van der Waals surface area contributed by atoms with Gasteiger partial charge in [0.2, 0.25) is 5.91 Å². The number of nitrogens with zero attached hydrogens (tertiary/aromatic N) is 5. The number of fused-ring (bicyclic) bond motifs is 2. The van der Waals surface area contributed by atoms with E-state index in [1.807, 2.05) is 6.07 Å². The van der Waals surface area contributed by atoms with Crippen molar-refractivity contribution >= 4 is 39.3 Å². The van der Waals surface area contributed by atoms with Crippen molar-refractivity contribution in [3.8, 4) is 22.6 Å².